The Hall–Kier alpha value is -2.53. The van der Waals surface area contributed by atoms with E-state index in [9.17, 15) is 0 Å². The summed E-state index contributed by atoms with van der Waals surface area (Å²) in [4.78, 5) is 4.91. The van der Waals surface area contributed by atoms with Gasteiger partial charge in [0.25, 0.3) is 0 Å². The number of H-pyrrole nitrogens is 1. The summed E-state index contributed by atoms with van der Waals surface area (Å²) in [7, 11) is 0. The van der Waals surface area contributed by atoms with Gasteiger partial charge in [-0.15, -0.1) is 0 Å². The van der Waals surface area contributed by atoms with Crippen molar-refractivity contribution in [1.82, 2.24) is 10.2 Å². The second-order valence-electron chi connectivity index (χ2n) is 7.53. The van der Waals surface area contributed by atoms with Crippen LogP contribution in [0.25, 0.3) is 10.9 Å². The predicted octanol–water partition coefficient (Wildman–Crippen LogP) is 3.78. The van der Waals surface area contributed by atoms with Crippen molar-refractivity contribution in [2.24, 2.45) is 0 Å². The Morgan fingerprint density at radius 2 is 1.44 bits per heavy atom. The van der Waals surface area contributed by atoms with Crippen molar-refractivity contribution in [1.29, 1.82) is 0 Å². The van der Waals surface area contributed by atoms with Crippen LogP contribution in [0.2, 0.25) is 0 Å². The number of rotatable bonds is 3. The monoisotopic (exact) mass is 362 g/mol. The average molecular weight is 362 g/mol. The normalized spacial score (nSPS) is 19.0. The largest absolute Gasteiger partial charge is 0.378 e. The van der Waals surface area contributed by atoms with Crippen LogP contribution < -0.4 is 9.80 Å². The quantitative estimate of drug-likeness (QED) is 0.770. The van der Waals surface area contributed by atoms with Crippen molar-refractivity contribution in [3.05, 3.63) is 54.2 Å². The summed E-state index contributed by atoms with van der Waals surface area (Å²) < 4.78 is 5.45. The van der Waals surface area contributed by atoms with Crippen LogP contribution in [0.1, 0.15) is 24.5 Å². The lowest BCUT2D eigenvalue weighted by Gasteiger charge is -2.34. The molecule has 0 atom stereocenters. The third-order valence-electron chi connectivity index (χ3n) is 5.97. The molecular formula is C22H26N4O. The third kappa shape index (κ3) is 3.28. The van der Waals surface area contributed by atoms with Crippen molar-refractivity contribution in [3.63, 3.8) is 0 Å². The highest BCUT2D eigenvalue weighted by Gasteiger charge is 2.24. The van der Waals surface area contributed by atoms with Crippen LogP contribution in [0.3, 0.4) is 0 Å². The molecule has 2 aliphatic rings. The molecule has 1 aromatic heterocycles. The number of hydrogen-bond acceptors (Lipinski definition) is 4. The number of nitrogens with zero attached hydrogens (tertiary/aromatic N) is 3. The van der Waals surface area contributed by atoms with Gasteiger partial charge < -0.3 is 14.5 Å². The number of fused-ring (bicyclic) bond motifs is 1. The van der Waals surface area contributed by atoms with Gasteiger partial charge in [-0.25, -0.2) is 0 Å². The van der Waals surface area contributed by atoms with Gasteiger partial charge in [0.2, 0.25) is 0 Å². The molecule has 2 aromatic carbocycles. The first-order valence-corrected chi connectivity index (χ1v) is 9.99. The Labute approximate surface area is 159 Å². The molecule has 0 bridgehead atoms. The first kappa shape index (κ1) is 16.6. The first-order valence-electron chi connectivity index (χ1n) is 9.99. The maximum atomic E-state index is 5.45. The fraction of sp³-hybridized carbons (Fsp3) is 0.409. The third-order valence-corrected chi connectivity index (χ3v) is 5.97. The maximum Gasteiger partial charge on any atom is 0.0733 e. The van der Waals surface area contributed by atoms with E-state index in [-0.39, 0.29) is 0 Å². The summed E-state index contributed by atoms with van der Waals surface area (Å²) >= 11 is 0. The molecule has 2 aliphatic heterocycles. The molecule has 5 nitrogen and oxygen atoms in total. The average Bonchev–Trinajstić information content (AvgIpc) is 3.19. The number of ether oxygens (including phenoxy) is 1. The minimum atomic E-state index is 0.546. The van der Waals surface area contributed by atoms with Crippen molar-refractivity contribution < 1.29 is 4.74 Å². The summed E-state index contributed by atoms with van der Waals surface area (Å²) in [5.41, 5.74) is 5.03. The molecule has 2 fully saturated rings. The van der Waals surface area contributed by atoms with E-state index < -0.39 is 0 Å². The lowest BCUT2D eigenvalue weighted by molar-refractivity contribution is 0.122. The Bertz CT molecular complexity index is 890. The van der Waals surface area contributed by atoms with E-state index in [1.54, 1.807) is 0 Å². The first-order chi connectivity index (χ1) is 13.4. The lowest BCUT2D eigenvalue weighted by Crippen LogP contribution is -2.36. The van der Waals surface area contributed by atoms with E-state index in [1.165, 1.54) is 22.5 Å². The molecule has 3 heterocycles. The number of benzene rings is 2. The van der Waals surface area contributed by atoms with Crippen LogP contribution in [0.15, 0.2) is 48.5 Å². The van der Waals surface area contributed by atoms with E-state index in [1.807, 2.05) is 0 Å². The number of piperidine rings is 1. The van der Waals surface area contributed by atoms with E-state index in [4.69, 9.17) is 4.74 Å². The predicted molar refractivity (Wildman–Crippen MR) is 110 cm³/mol. The Morgan fingerprint density at radius 1 is 0.815 bits per heavy atom. The van der Waals surface area contributed by atoms with E-state index in [0.717, 1.165) is 57.8 Å². The maximum absolute atomic E-state index is 5.45. The van der Waals surface area contributed by atoms with Crippen LogP contribution in [0, 0.1) is 0 Å². The molecule has 5 rings (SSSR count). The number of anilines is 2. The summed E-state index contributed by atoms with van der Waals surface area (Å²) in [6, 6.07) is 17.5. The second-order valence-corrected chi connectivity index (χ2v) is 7.53. The summed E-state index contributed by atoms with van der Waals surface area (Å²) in [5, 5.41) is 9.09. The molecule has 27 heavy (non-hydrogen) atoms. The highest BCUT2D eigenvalue weighted by Crippen LogP contribution is 2.33. The molecule has 2 saturated heterocycles. The van der Waals surface area contributed by atoms with E-state index in [0.29, 0.717) is 5.92 Å². The van der Waals surface area contributed by atoms with Gasteiger partial charge >= 0.3 is 0 Å². The number of para-hydroxylation sites is 1. The van der Waals surface area contributed by atoms with Crippen LogP contribution in [-0.4, -0.2) is 49.6 Å². The zero-order valence-corrected chi connectivity index (χ0v) is 15.6. The van der Waals surface area contributed by atoms with Gasteiger partial charge in [-0.2, -0.15) is 5.10 Å². The molecule has 0 saturated carbocycles. The van der Waals surface area contributed by atoms with Crippen molar-refractivity contribution >= 4 is 22.3 Å². The molecule has 0 unspecified atom stereocenters. The zero-order chi connectivity index (χ0) is 18.1. The van der Waals surface area contributed by atoms with Gasteiger partial charge in [-0.3, -0.25) is 5.10 Å². The number of nitrogens with one attached hydrogen (secondary N) is 1. The lowest BCUT2D eigenvalue weighted by atomic mass is 9.91. The van der Waals surface area contributed by atoms with Gasteiger partial charge in [0, 0.05) is 48.9 Å². The second kappa shape index (κ2) is 7.24. The molecule has 140 valence electrons. The number of morpholine rings is 1. The zero-order valence-electron chi connectivity index (χ0n) is 15.6. The SMILES string of the molecule is c1ccc2c(C3CCN(c4ccc(N5CCOCC5)cc4)CC3)n[nH]c2c1. The molecule has 5 heteroatoms. The number of hydrogen-bond donors (Lipinski definition) is 1. The number of aromatic nitrogens is 2. The van der Waals surface area contributed by atoms with Gasteiger partial charge in [-0.05, 0) is 43.2 Å². The Kier molecular flexibility index (Phi) is 4.46. The molecule has 0 amide bonds. The fourth-order valence-corrected chi connectivity index (χ4v) is 4.40. The van der Waals surface area contributed by atoms with Crippen LogP contribution in [0.5, 0.6) is 0 Å². The standard InChI is InChI=1S/C22H26N4O/c1-2-4-21-20(3-1)22(24-23-21)17-9-11-25(12-10-17)18-5-7-19(8-6-18)26-13-15-27-16-14-26/h1-8,17H,9-16H2,(H,23,24). The molecule has 1 N–H and O–H groups in total. The van der Waals surface area contributed by atoms with Gasteiger partial charge in [0.1, 0.15) is 0 Å². The van der Waals surface area contributed by atoms with E-state index in [2.05, 4.69) is 68.5 Å². The molecule has 0 spiro atoms. The molecular weight excluding hydrogens is 336 g/mol. The summed E-state index contributed by atoms with van der Waals surface area (Å²) in [5.74, 6) is 0.546. The minimum Gasteiger partial charge on any atom is -0.378 e. The molecule has 3 aromatic rings. The van der Waals surface area contributed by atoms with Crippen molar-refractivity contribution in [2.75, 3.05) is 49.2 Å². The van der Waals surface area contributed by atoms with Gasteiger partial charge in [0.15, 0.2) is 0 Å². The number of aromatic amines is 1. The van der Waals surface area contributed by atoms with Crippen molar-refractivity contribution in [2.45, 2.75) is 18.8 Å². The smallest absolute Gasteiger partial charge is 0.0733 e. The molecule has 0 aliphatic carbocycles. The Balaban J connectivity index is 1.25. The van der Waals surface area contributed by atoms with Crippen LogP contribution >= 0.6 is 0 Å². The van der Waals surface area contributed by atoms with Crippen molar-refractivity contribution in [3.8, 4) is 0 Å². The summed E-state index contributed by atoms with van der Waals surface area (Å²) in [6.07, 6.45) is 2.31. The minimum absolute atomic E-state index is 0.546. The van der Waals surface area contributed by atoms with Gasteiger partial charge in [-0.1, -0.05) is 18.2 Å². The van der Waals surface area contributed by atoms with Crippen LogP contribution in [0.4, 0.5) is 11.4 Å². The van der Waals surface area contributed by atoms with Gasteiger partial charge in [0.05, 0.1) is 24.4 Å². The highest BCUT2D eigenvalue weighted by molar-refractivity contribution is 5.81. The molecule has 0 radical (unpaired) electrons. The van der Waals surface area contributed by atoms with E-state index >= 15 is 0 Å². The van der Waals surface area contributed by atoms with Crippen LogP contribution in [-0.2, 0) is 4.74 Å². The topological polar surface area (TPSA) is 44.4 Å². The Morgan fingerprint density at radius 3 is 2.15 bits per heavy atom. The fourth-order valence-electron chi connectivity index (χ4n) is 4.40. The summed E-state index contributed by atoms with van der Waals surface area (Å²) in [6.45, 7) is 5.81. The highest BCUT2D eigenvalue weighted by atomic mass is 16.5.